The monoisotopic (exact) mass is 343 g/mol. The topological polar surface area (TPSA) is 58.6 Å². The van der Waals surface area contributed by atoms with Crippen molar-refractivity contribution in [2.75, 3.05) is 19.6 Å². The molecule has 0 aliphatic carbocycles. The maximum atomic E-state index is 5.41. The summed E-state index contributed by atoms with van der Waals surface area (Å²) in [5.74, 6) is 2.54. The van der Waals surface area contributed by atoms with E-state index < -0.39 is 0 Å². The van der Waals surface area contributed by atoms with Gasteiger partial charge in [-0.1, -0.05) is 6.92 Å². The summed E-state index contributed by atoms with van der Waals surface area (Å²) in [6.45, 7) is 7.16. The molecule has 2 aromatic rings. The van der Waals surface area contributed by atoms with Gasteiger partial charge in [-0.2, -0.15) is 5.10 Å². The molecule has 3 heterocycles. The number of aryl methyl sites for hydroxylation is 1. The molecular formula is C19H29N5O. The zero-order valence-corrected chi connectivity index (χ0v) is 15.5. The van der Waals surface area contributed by atoms with Crippen molar-refractivity contribution in [2.24, 2.45) is 12.0 Å². The van der Waals surface area contributed by atoms with E-state index in [0.717, 1.165) is 50.6 Å². The molecule has 1 aliphatic rings. The van der Waals surface area contributed by atoms with Gasteiger partial charge in [-0.25, -0.2) is 0 Å². The molecule has 1 saturated heterocycles. The molecule has 1 fully saturated rings. The van der Waals surface area contributed by atoms with Gasteiger partial charge in [-0.3, -0.25) is 9.67 Å². The quantitative estimate of drug-likeness (QED) is 0.647. The summed E-state index contributed by atoms with van der Waals surface area (Å²) >= 11 is 0. The Kier molecular flexibility index (Phi) is 5.79. The molecule has 136 valence electrons. The fourth-order valence-corrected chi connectivity index (χ4v) is 3.16. The van der Waals surface area contributed by atoms with Crippen LogP contribution >= 0.6 is 0 Å². The van der Waals surface area contributed by atoms with Crippen LogP contribution in [0.25, 0.3) is 0 Å². The Morgan fingerprint density at radius 3 is 3.08 bits per heavy atom. The number of guanidine groups is 1. The van der Waals surface area contributed by atoms with E-state index in [1.807, 2.05) is 30.1 Å². The zero-order valence-electron chi connectivity index (χ0n) is 15.5. The summed E-state index contributed by atoms with van der Waals surface area (Å²) in [5, 5.41) is 7.90. The van der Waals surface area contributed by atoms with Gasteiger partial charge in [0, 0.05) is 51.3 Å². The van der Waals surface area contributed by atoms with Crippen LogP contribution in [0.2, 0.25) is 0 Å². The van der Waals surface area contributed by atoms with Crippen molar-refractivity contribution >= 4 is 5.96 Å². The molecule has 1 aliphatic heterocycles. The molecule has 2 aromatic heterocycles. The SMILES string of the molecule is CCC(C)NC(=NCCc1ccco1)N1CCC(c2cnn(C)c2)C1. The van der Waals surface area contributed by atoms with Crippen LogP contribution in [-0.4, -0.2) is 46.3 Å². The van der Waals surface area contributed by atoms with Crippen molar-refractivity contribution in [2.45, 2.75) is 45.1 Å². The number of aliphatic imine (C=N–C) groups is 1. The molecule has 2 atom stereocenters. The Bertz CT molecular complexity index is 676. The van der Waals surface area contributed by atoms with Gasteiger partial charge in [0.25, 0.3) is 0 Å². The Hall–Kier alpha value is -2.24. The maximum Gasteiger partial charge on any atom is 0.194 e. The maximum absolute atomic E-state index is 5.41. The average molecular weight is 343 g/mol. The molecule has 0 saturated carbocycles. The van der Waals surface area contributed by atoms with Crippen LogP contribution < -0.4 is 5.32 Å². The number of nitrogens with one attached hydrogen (secondary N) is 1. The van der Waals surface area contributed by atoms with Gasteiger partial charge in [0.1, 0.15) is 5.76 Å². The zero-order chi connectivity index (χ0) is 17.6. The summed E-state index contributed by atoms with van der Waals surface area (Å²) in [6, 6.07) is 4.35. The predicted octanol–water partition coefficient (Wildman–Crippen LogP) is 2.79. The molecular weight excluding hydrogens is 314 g/mol. The first-order valence-corrected chi connectivity index (χ1v) is 9.22. The minimum absolute atomic E-state index is 0.416. The summed E-state index contributed by atoms with van der Waals surface area (Å²) in [5.41, 5.74) is 1.32. The third-order valence-corrected chi connectivity index (χ3v) is 4.87. The van der Waals surface area contributed by atoms with Gasteiger partial charge in [-0.15, -0.1) is 0 Å². The molecule has 2 unspecified atom stereocenters. The summed E-state index contributed by atoms with van der Waals surface area (Å²) in [7, 11) is 1.97. The molecule has 0 aromatic carbocycles. The van der Waals surface area contributed by atoms with Crippen LogP contribution in [0.3, 0.4) is 0 Å². The van der Waals surface area contributed by atoms with Gasteiger partial charge in [0.2, 0.25) is 0 Å². The standard InChI is InChI=1S/C19H29N5O/c1-4-15(2)22-19(20-9-7-18-6-5-11-25-18)24-10-8-16(14-24)17-12-21-23(3)13-17/h5-6,11-13,15-16H,4,7-10,14H2,1-3H3,(H,20,22). The van der Waals surface area contributed by atoms with E-state index in [1.165, 1.54) is 5.56 Å². The third kappa shape index (κ3) is 4.65. The van der Waals surface area contributed by atoms with Crippen LogP contribution in [0, 0.1) is 0 Å². The Morgan fingerprint density at radius 2 is 2.40 bits per heavy atom. The van der Waals surface area contributed by atoms with Crippen molar-refractivity contribution in [1.29, 1.82) is 0 Å². The first-order valence-electron chi connectivity index (χ1n) is 9.22. The summed E-state index contributed by atoms with van der Waals surface area (Å²) in [4.78, 5) is 7.23. The molecule has 0 spiro atoms. The average Bonchev–Trinajstić information content (AvgIpc) is 3.35. The molecule has 3 rings (SSSR count). The Labute approximate surface area is 149 Å². The van der Waals surface area contributed by atoms with Crippen molar-refractivity contribution in [3.8, 4) is 0 Å². The smallest absolute Gasteiger partial charge is 0.194 e. The van der Waals surface area contributed by atoms with Crippen LogP contribution in [0.1, 0.15) is 43.9 Å². The highest BCUT2D eigenvalue weighted by Gasteiger charge is 2.27. The van der Waals surface area contributed by atoms with Gasteiger partial charge < -0.3 is 14.6 Å². The summed E-state index contributed by atoms with van der Waals surface area (Å²) < 4.78 is 7.29. The van der Waals surface area contributed by atoms with Gasteiger partial charge in [0.15, 0.2) is 5.96 Å². The first-order chi connectivity index (χ1) is 12.2. The van der Waals surface area contributed by atoms with E-state index in [1.54, 1.807) is 6.26 Å². The van der Waals surface area contributed by atoms with Gasteiger partial charge in [0.05, 0.1) is 12.5 Å². The Balaban J connectivity index is 1.64. The van der Waals surface area contributed by atoms with E-state index in [-0.39, 0.29) is 0 Å². The minimum Gasteiger partial charge on any atom is -0.469 e. The lowest BCUT2D eigenvalue weighted by Gasteiger charge is -2.25. The van der Waals surface area contributed by atoms with Gasteiger partial charge in [-0.05, 0) is 37.5 Å². The van der Waals surface area contributed by atoms with E-state index in [4.69, 9.17) is 9.41 Å². The Morgan fingerprint density at radius 1 is 1.52 bits per heavy atom. The minimum atomic E-state index is 0.416. The number of rotatable bonds is 6. The fourth-order valence-electron chi connectivity index (χ4n) is 3.16. The van der Waals surface area contributed by atoms with Crippen molar-refractivity contribution in [3.63, 3.8) is 0 Å². The van der Waals surface area contributed by atoms with Crippen molar-refractivity contribution in [1.82, 2.24) is 20.0 Å². The number of furan rings is 1. The molecule has 1 N–H and O–H groups in total. The number of likely N-dealkylation sites (tertiary alicyclic amines) is 1. The van der Waals surface area contributed by atoms with Crippen molar-refractivity contribution < 1.29 is 4.42 Å². The molecule has 6 heteroatoms. The van der Waals surface area contributed by atoms with Gasteiger partial charge >= 0.3 is 0 Å². The fraction of sp³-hybridized carbons (Fsp3) is 0.579. The van der Waals surface area contributed by atoms with Crippen LogP contribution in [0.5, 0.6) is 0 Å². The number of hydrogen-bond acceptors (Lipinski definition) is 3. The molecule has 0 amide bonds. The predicted molar refractivity (Wildman–Crippen MR) is 99.7 cm³/mol. The van der Waals surface area contributed by atoms with Crippen LogP contribution in [0.4, 0.5) is 0 Å². The second-order valence-electron chi connectivity index (χ2n) is 6.87. The first kappa shape index (κ1) is 17.6. The molecule has 0 bridgehead atoms. The number of nitrogens with zero attached hydrogens (tertiary/aromatic N) is 4. The second kappa shape index (κ2) is 8.23. The van der Waals surface area contributed by atoms with E-state index >= 15 is 0 Å². The lowest BCUT2D eigenvalue weighted by molar-refractivity contribution is 0.465. The highest BCUT2D eigenvalue weighted by atomic mass is 16.3. The largest absolute Gasteiger partial charge is 0.469 e. The number of hydrogen-bond donors (Lipinski definition) is 1. The van der Waals surface area contributed by atoms with E-state index in [9.17, 15) is 0 Å². The highest BCUT2D eigenvalue weighted by molar-refractivity contribution is 5.80. The van der Waals surface area contributed by atoms with Crippen molar-refractivity contribution in [3.05, 3.63) is 42.1 Å². The summed E-state index contributed by atoms with van der Waals surface area (Å²) in [6.07, 6.45) is 8.89. The van der Waals surface area contributed by atoms with E-state index in [2.05, 4.69) is 35.4 Å². The molecule has 6 nitrogen and oxygen atoms in total. The number of aromatic nitrogens is 2. The molecule has 25 heavy (non-hydrogen) atoms. The normalized spacial score (nSPS) is 19.4. The van der Waals surface area contributed by atoms with E-state index in [0.29, 0.717) is 12.0 Å². The third-order valence-electron chi connectivity index (χ3n) is 4.87. The van der Waals surface area contributed by atoms with Crippen LogP contribution in [0.15, 0.2) is 40.2 Å². The second-order valence-corrected chi connectivity index (χ2v) is 6.87. The van der Waals surface area contributed by atoms with Crippen LogP contribution in [-0.2, 0) is 13.5 Å². The highest BCUT2D eigenvalue weighted by Crippen LogP contribution is 2.26. The lowest BCUT2D eigenvalue weighted by atomic mass is 10.0. The molecule has 0 radical (unpaired) electrons. The lowest BCUT2D eigenvalue weighted by Crippen LogP contribution is -2.44.